The van der Waals surface area contributed by atoms with E-state index in [1.54, 1.807) is 6.92 Å². The van der Waals surface area contributed by atoms with Crippen LogP contribution in [0, 0.1) is 6.92 Å². The molecule has 1 N–H and O–H groups in total. The van der Waals surface area contributed by atoms with E-state index in [0.29, 0.717) is 10.2 Å². The fourth-order valence-electron chi connectivity index (χ4n) is 0.839. The lowest BCUT2D eigenvalue weighted by molar-refractivity contribution is 0.587. The maximum Gasteiger partial charge on any atom is 0.252 e. The minimum absolute atomic E-state index is 0.136. The number of hydrogen-bond acceptors (Lipinski definition) is 4. The molecule has 0 amide bonds. The van der Waals surface area contributed by atoms with Crippen LogP contribution in [0.15, 0.2) is 15.3 Å². The van der Waals surface area contributed by atoms with E-state index in [-0.39, 0.29) is 15.2 Å². The summed E-state index contributed by atoms with van der Waals surface area (Å²) in [5.41, 5.74) is 0.401. The molecule has 0 aliphatic heterocycles. The van der Waals surface area contributed by atoms with Gasteiger partial charge in [0.05, 0.1) is 5.69 Å². The summed E-state index contributed by atoms with van der Waals surface area (Å²) in [6.45, 7) is 5.26. The molecule has 1 heterocycles. The van der Waals surface area contributed by atoms with Crippen LogP contribution >= 0.6 is 38.9 Å². The molecule has 0 fully saturated rings. The van der Waals surface area contributed by atoms with Gasteiger partial charge in [0.1, 0.15) is 0 Å². The van der Waals surface area contributed by atoms with E-state index in [9.17, 15) is 8.42 Å². The molecule has 0 spiro atoms. The predicted octanol–water partition coefficient (Wildman–Crippen LogP) is 2.29. The zero-order chi connectivity index (χ0) is 11.6. The van der Waals surface area contributed by atoms with Crippen LogP contribution in [0.3, 0.4) is 0 Å². The van der Waals surface area contributed by atoms with Gasteiger partial charge in [-0.15, -0.1) is 0 Å². The molecule has 0 radical (unpaired) electrons. The van der Waals surface area contributed by atoms with Crippen molar-refractivity contribution in [3.05, 3.63) is 21.2 Å². The number of nitrogens with zero attached hydrogens (tertiary/aromatic N) is 1. The summed E-state index contributed by atoms with van der Waals surface area (Å²) in [5, 5.41) is 0. The van der Waals surface area contributed by atoms with E-state index < -0.39 is 10.0 Å². The Morgan fingerprint density at radius 3 is 2.73 bits per heavy atom. The molecule has 84 valence electrons. The highest BCUT2D eigenvalue weighted by Gasteiger charge is 2.20. The first kappa shape index (κ1) is 13.1. The molecule has 0 saturated heterocycles. The lowest BCUT2D eigenvalue weighted by atomic mass is 10.6. The number of thiazole rings is 1. The lowest BCUT2D eigenvalue weighted by Crippen LogP contribution is -2.24. The van der Waals surface area contributed by atoms with Gasteiger partial charge in [0.2, 0.25) is 0 Å². The van der Waals surface area contributed by atoms with E-state index in [4.69, 9.17) is 11.6 Å². The Kier molecular flexibility index (Phi) is 4.30. The highest BCUT2D eigenvalue weighted by molar-refractivity contribution is 9.11. The minimum Gasteiger partial charge on any atom is -0.229 e. The van der Waals surface area contributed by atoms with Crippen LogP contribution in [-0.4, -0.2) is 19.9 Å². The Bertz CT molecular complexity index is 483. The fourth-order valence-corrected chi connectivity index (χ4v) is 3.97. The van der Waals surface area contributed by atoms with E-state index in [0.717, 1.165) is 11.3 Å². The second kappa shape index (κ2) is 4.92. The number of aryl methyl sites for hydroxylation is 1. The average molecular weight is 332 g/mol. The zero-order valence-electron chi connectivity index (χ0n) is 7.75. The van der Waals surface area contributed by atoms with Crippen molar-refractivity contribution >= 4 is 48.9 Å². The van der Waals surface area contributed by atoms with Crippen molar-refractivity contribution in [3.63, 3.8) is 0 Å². The molecule has 0 saturated carbocycles. The first-order chi connectivity index (χ1) is 6.83. The van der Waals surface area contributed by atoms with Crippen molar-refractivity contribution in [2.75, 3.05) is 6.54 Å². The number of sulfonamides is 1. The number of rotatable bonds is 4. The van der Waals surface area contributed by atoms with Crippen molar-refractivity contribution in [2.45, 2.75) is 11.1 Å². The average Bonchev–Trinajstić information content (AvgIpc) is 2.43. The van der Waals surface area contributed by atoms with E-state index in [1.807, 2.05) is 0 Å². The molecular formula is C7H8BrClN2O2S2. The molecule has 0 atom stereocenters. The van der Waals surface area contributed by atoms with Crippen LogP contribution in [0.25, 0.3) is 0 Å². The third kappa shape index (κ3) is 3.53. The molecule has 0 aliphatic rings. The van der Waals surface area contributed by atoms with Crippen LogP contribution in [0.2, 0.25) is 4.47 Å². The van der Waals surface area contributed by atoms with Crippen LogP contribution < -0.4 is 4.72 Å². The first-order valence-electron chi connectivity index (χ1n) is 3.79. The van der Waals surface area contributed by atoms with Crippen LogP contribution in [0.5, 0.6) is 0 Å². The molecule has 1 aromatic heterocycles. The van der Waals surface area contributed by atoms with Crippen LogP contribution in [0.1, 0.15) is 5.69 Å². The molecule has 0 bridgehead atoms. The first-order valence-corrected chi connectivity index (χ1v) is 7.26. The molecule has 1 rings (SSSR count). The normalized spacial score (nSPS) is 11.7. The van der Waals surface area contributed by atoms with Gasteiger partial charge in [0.25, 0.3) is 10.0 Å². The molecule has 0 unspecified atom stereocenters. The van der Waals surface area contributed by atoms with Crippen molar-refractivity contribution < 1.29 is 8.42 Å². The monoisotopic (exact) mass is 330 g/mol. The van der Waals surface area contributed by atoms with Crippen molar-refractivity contribution in [1.29, 1.82) is 0 Å². The smallest absolute Gasteiger partial charge is 0.229 e. The molecular weight excluding hydrogens is 324 g/mol. The number of hydrogen-bond donors (Lipinski definition) is 1. The Morgan fingerprint density at radius 1 is 1.73 bits per heavy atom. The van der Waals surface area contributed by atoms with E-state index in [2.05, 4.69) is 32.2 Å². The number of nitrogens with one attached hydrogen (secondary N) is 1. The van der Waals surface area contributed by atoms with Gasteiger partial charge < -0.3 is 0 Å². The summed E-state index contributed by atoms with van der Waals surface area (Å²) >= 11 is 9.62. The van der Waals surface area contributed by atoms with Gasteiger partial charge in [-0.3, -0.25) is 0 Å². The predicted molar refractivity (Wildman–Crippen MR) is 65.1 cm³/mol. The van der Waals surface area contributed by atoms with Gasteiger partial charge in [0.15, 0.2) is 8.68 Å². The number of aromatic nitrogens is 1. The highest BCUT2D eigenvalue weighted by Crippen LogP contribution is 2.26. The third-order valence-electron chi connectivity index (χ3n) is 1.43. The quantitative estimate of drug-likeness (QED) is 0.921. The SMILES string of the molecule is C=C(Br)CNS(=O)(=O)c1sc(Cl)nc1C. The number of halogens is 2. The minimum atomic E-state index is -3.53. The second-order valence-corrected chi connectivity index (χ2v) is 7.35. The molecule has 1 aromatic rings. The van der Waals surface area contributed by atoms with E-state index >= 15 is 0 Å². The Labute approximate surface area is 106 Å². The summed E-state index contributed by atoms with van der Waals surface area (Å²) < 4.78 is 26.7. The van der Waals surface area contributed by atoms with Crippen molar-refractivity contribution in [1.82, 2.24) is 9.71 Å². The molecule has 0 aromatic carbocycles. The summed E-state index contributed by atoms with van der Waals surface area (Å²) in [5.74, 6) is 0. The maximum absolute atomic E-state index is 11.7. The standard InChI is InChI=1S/C7H8BrClN2O2S2/c1-4(8)3-10-15(12,13)6-5(2)11-7(9)14-6/h10H,1,3H2,2H3. The summed E-state index contributed by atoms with van der Waals surface area (Å²) in [7, 11) is -3.53. The Balaban J connectivity index is 2.96. The Hall–Kier alpha value is 0.0500. The second-order valence-electron chi connectivity index (χ2n) is 2.68. The van der Waals surface area contributed by atoms with Gasteiger partial charge in [0, 0.05) is 11.0 Å². The summed E-state index contributed by atoms with van der Waals surface area (Å²) in [6, 6.07) is 0. The third-order valence-corrected chi connectivity index (χ3v) is 4.98. The highest BCUT2D eigenvalue weighted by atomic mass is 79.9. The largest absolute Gasteiger partial charge is 0.252 e. The molecule has 8 heteroatoms. The van der Waals surface area contributed by atoms with Gasteiger partial charge in [-0.1, -0.05) is 45.4 Å². The van der Waals surface area contributed by atoms with Gasteiger partial charge in [-0.2, -0.15) is 0 Å². The molecule has 0 aliphatic carbocycles. The fraction of sp³-hybridized carbons (Fsp3) is 0.286. The van der Waals surface area contributed by atoms with Gasteiger partial charge >= 0.3 is 0 Å². The molecule has 15 heavy (non-hydrogen) atoms. The van der Waals surface area contributed by atoms with Crippen LogP contribution in [-0.2, 0) is 10.0 Å². The summed E-state index contributed by atoms with van der Waals surface area (Å²) in [6.07, 6.45) is 0. The van der Waals surface area contributed by atoms with Crippen molar-refractivity contribution in [3.8, 4) is 0 Å². The Morgan fingerprint density at radius 2 is 2.33 bits per heavy atom. The van der Waals surface area contributed by atoms with Gasteiger partial charge in [-0.05, 0) is 6.92 Å². The maximum atomic E-state index is 11.7. The zero-order valence-corrected chi connectivity index (χ0v) is 11.7. The topological polar surface area (TPSA) is 59.1 Å². The van der Waals surface area contributed by atoms with E-state index in [1.165, 1.54) is 0 Å². The lowest BCUT2D eigenvalue weighted by Gasteiger charge is -2.03. The summed E-state index contributed by atoms with van der Waals surface area (Å²) in [4.78, 5) is 3.84. The van der Waals surface area contributed by atoms with Crippen LogP contribution in [0.4, 0.5) is 0 Å². The van der Waals surface area contributed by atoms with Crippen molar-refractivity contribution in [2.24, 2.45) is 0 Å². The molecule has 4 nitrogen and oxygen atoms in total. The van der Waals surface area contributed by atoms with Gasteiger partial charge in [-0.25, -0.2) is 18.1 Å².